The smallest absolute Gasteiger partial charge is 0.405 e. The summed E-state index contributed by atoms with van der Waals surface area (Å²) in [4.78, 5) is 0. The van der Waals surface area contributed by atoms with Gasteiger partial charge >= 0.3 is 21.4 Å². The molecule has 3 aliphatic heterocycles. The summed E-state index contributed by atoms with van der Waals surface area (Å²) in [5.74, 6) is 0. The van der Waals surface area contributed by atoms with Gasteiger partial charge in [-0.3, -0.25) is 0 Å². The number of hydrogen-bond donors (Lipinski definition) is 0. The fourth-order valence-corrected chi connectivity index (χ4v) is 4.59. The molecule has 0 bridgehead atoms. The average Bonchev–Trinajstić information content (AvgIpc) is 3.65. The highest BCUT2D eigenvalue weighted by Crippen LogP contribution is 2.30. The Morgan fingerprint density at radius 2 is 0.818 bits per heavy atom. The van der Waals surface area contributed by atoms with Gasteiger partial charge in [0.25, 0.3) is 0 Å². The maximum absolute atomic E-state index is 6.42. The first-order valence-electron chi connectivity index (χ1n) is 11.3. The summed E-state index contributed by atoms with van der Waals surface area (Å²) >= 11 is 0. The Morgan fingerprint density at radius 3 is 1.21 bits per heavy atom. The Bertz CT molecular complexity index is 978. The Balaban J connectivity index is 1.21. The zero-order valence-electron chi connectivity index (χ0n) is 18.1. The first kappa shape index (κ1) is 21.2. The molecule has 3 aromatic rings. The van der Waals surface area contributed by atoms with E-state index in [1.807, 2.05) is 91.0 Å². The van der Waals surface area contributed by atoms with Crippen LogP contribution in [0.1, 0.15) is 0 Å². The van der Waals surface area contributed by atoms with Crippen LogP contribution in [0.15, 0.2) is 91.0 Å². The highest BCUT2D eigenvalue weighted by atomic mass is 16.7. The molecule has 4 atom stereocenters. The lowest BCUT2D eigenvalue weighted by atomic mass is 9.79. The first-order chi connectivity index (χ1) is 16.3. The van der Waals surface area contributed by atoms with E-state index < -0.39 is 21.4 Å². The molecular formula is C24H23B3O6. The van der Waals surface area contributed by atoms with Crippen LogP contribution in [0.25, 0.3) is 0 Å². The quantitative estimate of drug-likeness (QED) is 0.548. The Hall–Kier alpha value is -2.39. The van der Waals surface area contributed by atoms with Gasteiger partial charge in [0.05, 0.1) is 37.6 Å². The van der Waals surface area contributed by atoms with Crippen LogP contribution in [-0.4, -0.2) is 59.0 Å². The van der Waals surface area contributed by atoms with E-state index in [0.29, 0.717) is 13.2 Å². The van der Waals surface area contributed by atoms with Crippen LogP contribution in [0.2, 0.25) is 0 Å². The third kappa shape index (κ3) is 4.40. The van der Waals surface area contributed by atoms with E-state index in [4.69, 9.17) is 27.9 Å². The number of rotatable bonds is 5. The summed E-state index contributed by atoms with van der Waals surface area (Å²) in [5, 5.41) is 0. The van der Waals surface area contributed by atoms with Crippen LogP contribution in [0.5, 0.6) is 0 Å². The van der Waals surface area contributed by atoms with Crippen molar-refractivity contribution in [3.05, 3.63) is 91.0 Å². The predicted octanol–water partition coefficient (Wildman–Crippen LogP) is 0.787. The normalized spacial score (nSPS) is 27.5. The minimum absolute atomic E-state index is 0.284. The Morgan fingerprint density at radius 1 is 0.455 bits per heavy atom. The van der Waals surface area contributed by atoms with Crippen LogP contribution in [0.3, 0.4) is 0 Å². The van der Waals surface area contributed by atoms with Gasteiger partial charge in [-0.2, -0.15) is 0 Å². The molecule has 164 valence electrons. The van der Waals surface area contributed by atoms with Crippen LogP contribution in [0, 0.1) is 0 Å². The van der Waals surface area contributed by atoms with Crippen molar-refractivity contribution in [3.63, 3.8) is 0 Å². The number of benzene rings is 3. The minimum atomic E-state index is -0.500. The van der Waals surface area contributed by atoms with Crippen LogP contribution >= 0.6 is 0 Å². The second-order valence-corrected chi connectivity index (χ2v) is 8.44. The molecular weight excluding hydrogens is 417 g/mol. The van der Waals surface area contributed by atoms with Crippen molar-refractivity contribution < 1.29 is 27.9 Å². The molecule has 3 heterocycles. The lowest BCUT2D eigenvalue weighted by Crippen LogP contribution is -2.46. The molecule has 0 aliphatic carbocycles. The number of hydrogen-bond acceptors (Lipinski definition) is 6. The Kier molecular flexibility index (Phi) is 6.07. The van der Waals surface area contributed by atoms with Crippen LogP contribution < -0.4 is 16.4 Å². The van der Waals surface area contributed by atoms with Gasteiger partial charge in [-0.25, -0.2) is 0 Å². The molecule has 3 saturated heterocycles. The summed E-state index contributed by atoms with van der Waals surface area (Å²) in [5.41, 5.74) is 2.93. The molecule has 0 spiro atoms. The molecule has 0 aromatic heterocycles. The van der Waals surface area contributed by atoms with E-state index >= 15 is 0 Å². The van der Waals surface area contributed by atoms with E-state index in [1.54, 1.807) is 0 Å². The van der Waals surface area contributed by atoms with Gasteiger partial charge in [-0.1, -0.05) is 91.0 Å². The van der Waals surface area contributed by atoms with Gasteiger partial charge in [0.1, 0.15) is 0 Å². The van der Waals surface area contributed by atoms with E-state index in [1.165, 1.54) is 0 Å². The fourth-order valence-electron chi connectivity index (χ4n) is 4.59. The van der Waals surface area contributed by atoms with Crippen molar-refractivity contribution in [1.29, 1.82) is 0 Å². The third-order valence-electron chi connectivity index (χ3n) is 6.25. The summed E-state index contributed by atoms with van der Waals surface area (Å²) < 4.78 is 37.4. The van der Waals surface area contributed by atoms with Crippen molar-refractivity contribution in [1.82, 2.24) is 0 Å². The molecule has 0 unspecified atom stereocenters. The molecule has 3 aliphatic rings. The van der Waals surface area contributed by atoms with Gasteiger partial charge in [0.15, 0.2) is 0 Å². The van der Waals surface area contributed by atoms with Gasteiger partial charge < -0.3 is 27.9 Å². The van der Waals surface area contributed by atoms with Crippen LogP contribution in [-0.2, 0) is 27.9 Å². The zero-order valence-corrected chi connectivity index (χ0v) is 18.1. The van der Waals surface area contributed by atoms with Gasteiger partial charge in [0, 0.05) is 0 Å². The SMILES string of the molecule is c1ccc(B2O[C@H]([C@H]3COB(c4ccccc4)O3)[C@@H]([C@H]3COB(c4ccccc4)O3)O2)cc1. The maximum Gasteiger partial charge on any atom is 0.494 e. The van der Waals surface area contributed by atoms with Gasteiger partial charge in [-0.05, 0) is 16.4 Å². The topological polar surface area (TPSA) is 55.4 Å². The first-order valence-corrected chi connectivity index (χ1v) is 11.3. The predicted molar refractivity (Wildman–Crippen MR) is 127 cm³/mol. The maximum atomic E-state index is 6.42. The van der Waals surface area contributed by atoms with E-state index in [0.717, 1.165) is 16.4 Å². The summed E-state index contributed by atoms with van der Waals surface area (Å²) in [6.45, 7) is 0.836. The Labute approximate surface area is 194 Å². The second-order valence-electron chi connectivity index (χ2n) is 8.44. The molecule has 33 heavy (non-hydrogen) atoms. The van der Waals surface area contributed by atoms with Crippen molar-refractivity contribution in [2.45, 2.75) is 24.4 Å². The standard InChI is InChI=1S/C24H23B3O6/c1-4-10-18(11-5-1)25-28-16-21(30-25)23-24(33-27(32-23)20-14-8-3-9-15-20)22-17-29-26(31-22)19-12-6-2-7-13-19/h1-15,21-24H,16-17H2/t21-,22-,23-,24-/m1/s1. The van der Waals surface area contributed by atoms with Crippen molar-refractivity contribution >= 4 is 37.7 Å². The highest BCUT2D eigenvalue weighted by Gasteiger charge is 2.53. The molecule has 3 aromatic carbocycles. The molecule has 3 fully saturated rings. The molecule has 6 rings (SSSR count). The average molecular weight is 440 g/mol. The molecule has 0 N–H and O–H groups in total. The van der Waals surface area contributed by atoms with Crippen LogP contribution in [0.4, 0.5) is 0 Å². The molecule has 0 amide bonds. The molecule has 6 nitrogen and oxygen atoms in total. The van der Waals surface area contributed by atoms with E-state index in [-0.39, 0.29) is 24.4 Å². The third-order valence-corrected chi connectivity index (χ3v) is 6.25. The summed E-state index contributed by atoms with van der Waals surface area (Å²) in [7, 11) is -1.34. The van der Waals surface area contributed by atoms with Crippen molar-refractivity contribution in [2.75, 3.05) is 13.2 Å². The van der Waals surface area contributed by atoms with E-state index in [2.05, 4.69) is 0 Å². The monoisotopic (exact) mass is 440 g/mol. The largest absolute Gasteiger partial charge is 0.494 e. The molecule has 0 saturated carbocycles. The lowest BCUT2D eigenvalue weighted by molar-refractivity contribution is -0.00430. The van der Waals surface area contributed by atoms with Crippen molar-refractivity contribution in [3.8, 4) is 0 Å². The summed E-state index contributed by atoms with van der Waals surface area (Å²) in [6.07, 6.45) is -1.28. The van der Waals surface area contributed by atoms with Crippen molar-refractivity contribution in [2.24, 2.45) is 0 Å². The van der Waals surface area contributed by atoms with Gasteiger partial charge in [-0.15, -0.1) is 0 Å². The zero-order chi connectivity index (χ0) is 22.0. The molecule has 0 radical (unpaired) electrons. The lowest BCUT2D eigenvalue weighted by Gasteiger charge is -2.27. The minimum Gasteiger partial charge on any atom is -0.405 e. The highest BCUT2D eigenvalue weighted by molar-refractivity contribution is 6.63. The fraction of sp³-hybridized carbons (Fsp3) is 0.250. The second kappa shape index (κ2) is 9.47. The summed E-state index contributed by atoms with van der Waals surface area (Å²) in [6, 6.07) is 29.8. The van der Waals surface area contributed by atoms with Gasteiger partial charge in [0.2, 0.25) is 0 Å². The van der Waals surface area contributed by atoms with E-state index in [9.17, 15) is 0 Å². The molecule has 9 heteroatoms.